The maximum absolute atomic E-state index is 12.2. The minimum atomic E-state index is -0.281. The van der Waals surface area contributed by atoms with Gasteiger partial charge in [0.2, 0.25) is 5.91 Å². The van der Waals surface area contributed by atoms with Crippen LogP contribution in [0.4, 0.5) is 0 Å². The summed E-state index contributed by atoms with van der Waals surface area (Å²) in [5, 5.41) is 3.19. The summed E-state index contributed by atoms with van der Waals surface area (Å²) >= 11 is 0. The van der Waals surface area contributed by atoms with E-state index in [2.05, 4.69) is 19.2 Å². The summed E-state index contributed by atoms with van der Waals surface area (Å²) in [5.74, 6) is 0.0610. The number of amides is 1. The number of carbonyl (C=O) groups excluding carboxylic acids is 1. The van der Waals surface area contributed by atoms with Crippen molar-refractivity contribution < 1.29 is 9.53 Å². The zero-order chi connectivity index (χ0) is 13.2. The maximum atomic E-state index is 12.2. The predicted octanol–water partition coefficient (Wildman–Crippen LogP) is 1.58. The van der Waals surface area contributed by atoms with Crippen molar-refractivity contribution in [1.82, 2.24) is 5.32 Å². The van der Waals surface area contributed by atoms with Crippen molar-refractivity contribution in [1.29, 1.82) is 0 Å². The van der Waals surface area contributed by atoms with Gasteiger partial charge >= 0.3 is 0 Å². The van der Waals surface area contributed by atoms with Gasteiger partial charge in [0.1, 0.15) is 6.10 Å². The van der Waals surface area contributed by atoms with E-state index in [0.29, 0.717) is 12.6 Å². The molecule has 104 valence electrons. The molecule has 4 nitrogen and oxygen atoms in total. The van der Waals surface area contributed by atoms with E-state index < -0.39 is 0 Å². The van der Waals surface area contributed by atoms with Gasteiger partial charge in [-0.05, 0) is 31.1 Å². The van der Waals surface area contributed by atoms with Crippen LogP contribution in [0.1, 0.15) is 52.4 Å². The Morgan fingerprint density at radius 1 is 1.33 bits per heavy atom. The molecule has 1 heterocycles. The minimum Gasteiger partial charge on any atom is -0.364 e. The van der Waals surface area contributed by atoms with Gasteiger partial charge in [-0.3, -0.25) is 4.79 Å². The quantitative estimate of drug-likeness (QED) is 0.803. The van der Waals surface area contributed by atoms with Gasteiger partial charge in [-0.1, -0.05) is 26.7 Å². The van der Waals surface area contributed by atoms with E-state index in [1.807, 2.05) is 0 Å². The Morgan fingerprint density at radius 2 is 2.11 bits per heavy atom. The van der Waals surface area contributed by atoms with Crippen LogP contribution in [0.15, 0.2) is 0 Å². The monoisotopic (exact) mass is 254 g/mol. The molecule has 1 aliphatic heterocycles. The Bertz CT molecular complexity index is 304. The molecule has 2 rings (SSSR count). The molecular weight excluding hydrogens is 228 g/mol. The van der Waals surface area contributed by atoms with Crippen molar-refractivity contribution in [3.8, 4) is 0 Å². The number of nitrogens with two attached hydrogens (primary N) is 1. The number of carbonyl (C=O) groups is 1. The van der Waals surface area contributed by atoms with Crippen LogP contribution < -0.4 is 11.1 Å². The van der Waals surface area contributed by atoms with Gasteiger partial charge in [-0.15, -0.1) is 0 Å². The third kappa shape index (κ3) is 3.04. The summed E-state index contributed by atoms with van der Waals surface area (Å²) in [7, 11) is 0. The molecule has 1 amide bonds. The molecule has 0 aromatic carbocycles. The van der Waals surface area contributed by atoms with Gasteiger partial charge in [0.15, 0.2) is 0 Å². The molecule has 1 saturated carbocycles. The molecule has 2 fully saturated rings. The number of rotatable bonds is 3. The van der Waals surface area contributed by atoms with E-state index in [4.69, 9.17) is 10.5 Å². The van der Waals surface area contributed by atoms with E-state index in [-0.39, 0.29) is 23.5 Å². The molecule has 0 aromatic rings. The van der Waals surface area contributed by atoms with E-state index >= 15 is 0 Å². The van der Waals surface area contributed by atoms with Gasteiger partial charge in [0.25, 0.3) is 0 Å². The summed E-state index contributed by atoms with van der Waals surface area (Å²) in [5.41, 5.74) is 5.77. The van der Waals surface area contributed by atoms with E-state index in [1.54, 1.807) is 0 Å². The van der Waals surface area contributed by atoms with Gasteiger partial charge in [0, 0.05) is 12.6 Å². The fourth-order valence-electron chi connectivity index (χ4n) is 3.10. The molecule has 0 aromatic heterocycles. The smallest absolute Gasteiger partial charge is 0.249 e. The highest BCUT2D eigenvalue weighted by Crippen LogP contribution is 2.35. The van der Waals surface area contributed by atoms with Crippen LogP contribution in [0.25, 0.3) is 0 Å². The third-order valence-corrected chi connectivity index (χ3v) is 4.49. The van der Waals surface area contributed by atoms with Crippen molar-refractivity contribution in [2.24, 2.45) is 11.1 Å². The van der Waals surface area contributed by atoms with E-state index in [1.165, 1.54) is 19.3 Å². The van der Waals surface area contributed by atoms with Crippen LogP contribution >= 0.6 is 0 Å². The Labute approximate surface area is 110 Å². The second kappa shape index (κ2) is 5.57. The molecule has 1 unspecified atom stereocenters. The summed E-state index contributed by atoms with van der Waals surface area (Å²) in [6, 6.07) is 0.291. The zero-order valence-electron chi connectivity index (χ0n) is 11.6. The molecule has 0 spiro atoms. The van der Waals surface area contributed by atoms with Crippen molar-refractivity contribution in [2.75, 3.05) is 6.54 Å². The SMILES string of the molecule is CC1(C)CCCCC1NC(=O)[C@@H]1CC[C@H](CN)O1. The van der Waals surface area contributed by atoms with Crippen molar-refractivity contribution in [2.45, 2.75) is 70.6 Å². The molecule has 1 saturated heterocycles. The largest absolute Gasteiger partial charge is 0.364 e. The van der Waals surface area contributed by atoms with E-state index in [9.17, 15) is 4.79 Å². The molecule has 1 aliphatic carbocycles. The number of nitrogens with one attached hydrogen (secondary N) is 1. The first-order chi connectivity index (χ1) is 8.53. The molecule has 4 heteroatoms. The summed E-state index contributed by atoms with van der Waals surface area (Å²) in [6.45, 7) is 5.00. The van der Waals surface area contributed by atoms with Gasteiger partial charge < -0.3 is 15.8 Å². The summed E-state index contributed by atoms with van der Waals surface area (Å²) in [4.78, 5) is 12.2. The van der Waals surface area contributed by atoms with Gasteiger partial charge in [-0.2, -0.15) is 0 Å². The molecule has 0 bridgehead atoms. The van der Waals surface area contributed by atoms with Crippen LogP contribution in [0.2, 0.25) is 0 Å². The van der Waals surface area contributed by atoms with Crippen molar-refractivity contribution >= 4 is 5.91 Å². The normalized spacial score (nSPS) is 35.4. The van der Waals surface area contributed by atoms with Crippen LogP contribution in [-0.2, 0) is 9.53 Å². The highest BCUT2D eigenvalue weighted by Gasteiger charge is 2.36. The topological polar surface area (TPSA) is 64.4 Å². The molecule has 0 radical (unpaired) electrons. The molecule has 2 aliphatic rings. The lowest BCUT2D eigenvalue weighted by atomic mass is 9.73. The standard InChI is InChI=1S/C14H26N2O2/c1-14(2)8-4-3-5-12(14)16-13(17)11-7-6-10(9-15)18-11/h10-12H,3-9,15H2,1-2H3,(H,16,17)/t10-,11+,12?/m1/s1. The van der Waals surface area contributed by atoms with Crippen LogP contribution in [0, 0.1) is 5.41 Å². The first kappa shape index (κ1) is 13.8. The molecule has 3 N–H and O–H groups in total. The molecule has 18 heavy (non-hydrogen) atoms. The first-order valence-electron chi connectivity index (χ1n) is 7.19. The third-order valence-electron chi connectivity index (χ3n) is 4.49. The van der Waals surface area contributed by atoms with Crippen LogP contribution in [-0.4, -0.2) is 30.7 Å². The second-order valence-corrected chi connectivity index (χ2v) is 6.36. The average Bonchev–Trinajstić information content (AvgIpc) is 2.80. The highest BCUT2D eigenvalue weighted by atomic mass is 16.5. The van der Waals surface area contributed by atoms with Crippen molar-refractivity contribution in [3.05, 3.63) is 0 Å². The summed E-state index contributed by atoms with van der Waals surface area (Å²) in [6.07, 6.45) is 6.26. The van der Waals surface area contributed by atoms with Crippen LogP contribution in [0.3, 0.4) is 0 Å². The minimum absolute atomic E-state index is 0.0610. The lowest BCUT2D eigenvalue weighted by Gasteiger charge is -2.39. The molecular formula is C14H26N2O2. The Morgan fingerprint density at radius 3 is 2.72 bits per heavy atom. The summed E-state index contributed by atoms with van der Waals surface area (Å²) < 4.78 is 5.65. The lowest BCUT2D eigenvalue weighted by Crippen LogP contribution is -2.50. The fraction of sp³-hybridized carbons (Fsp3) is 0.929. The first-order valence-corrected chi connectivity index (χ1v) is 7.19. The van der Waals surface area contributed by atoms with Gasteiger partial charge in [-0.25, -0.2) is 0 Å². The van der Waals surface area contributed by atoms with Gasteiger partial charge in [0.05, 0.1) is 6.10 Å². The lowest BCUT2D eigenvalue weighted by molar-refractivity contribution is -0.133. The predicted molar refractivity (Wildman–Crippen MR) is 71.1 cm³/mol. The van der Waals surface area contributed by atoms with Crippen molar-refractivity contribution in [3.63, 3.8) is 0 Å². The van der Waals surface area contributed by atoms with E-state index in [0.717, 1.165) is 19.3 Å². The molecule has 3 atom stereocenters. The zero-order valence-corrected chi connectivity index (χ0v) is 11.6. The second-order valence-electron chi connectivity index (χ2n) is 6.36. The maximum Gasteiger partial charge on any atom is 0.249 e. The number of hydrogen-bond acceptors (Lipinski definition) is 3. The highest BCUT2D eigenvalue weighted by molar-refractivity contribution is 5.81. The fourth-order valence-corrected chi connectivity index (χ4v) is 3.10. The Balaban J connectivity index is 1.87. The Kier molecular flexibility index (Phi) is 4.28. The average molecular weight is 254 g/mol. The Hall–Kier alpha value is -0.610. The number of hydrogen-bond donors (Lipinski definition) is 2. The number of ether oxygens (including phenoxy) is 1. The van der Waals surface area contributed by atoms with Crippen LogP contribution in [0.5, 0.6) is 0 Å².